The molecule has 1 aromatic rings. The second kappa shape index (κ2) is 6.06. The average molecular weight is 319 g/mol. The Hall–Kier alpha value is -2.31. The molecule has 0 aromatic heterocycles. The third-order valence-electron chi connectivity index (χ3n) is 4.50. The maximum absolute atomic E-state index is 12.2. The Morgan fingerprint density at radius 2 is 2.22 bits per heavy atom. The van der Waals surface area contributed by atoms with Crippen molar-refractivity contribution in [1.82, 2.24) is 4.90 Å². The molecule has 0 saturated heterocycles. The number of carbonyl (C=O) groups excluding carboxylic acids is 1. The highest BCUT2D eigenvalue weighted by Gasteiger charge is 2.54. The molecule has 0 bridgehead atoms. The topological polar surface area (TPSA) is 75.9 Å². The van der Waals surface area contributed by atoms with E-state index in [1.807, 2.05) is 24.3 Å². The molecule has 3 atom stereocenters. The summed E-state index contributed by atoms with van der Waals surface area (Å²) in [5, 5.41) is 10.7. The number of rotatable bonds is 5. The first kappa shape index (κ1) is 15.6. The Morgan fingerprint density at radius 3 is 2.87 bits per heavy atom. The van der Waals surface area contributed by atoms with Crippen molar-refractivity contribution >= 4 is 11.6 Å². The lowest BCUT2D eigenvalue weighted by Crippen LogP contribution is -2.47. The van der Waals surface area contributed by atoms with Gasteiger partial charge in [-0.15, -0.1) is 0 Å². The van der Waals surface area contributed by atoms with Gasteiger partial charge in [0.05, 0.1) is 18.8 Å². The van der Waals surface area contributed by atoms with Crippen LogP contribution in [-0.2, 0) is 4.79 Å². The van der Waals surface area contributed by atoms with Gasteiger partial charge in [-0.3, -0.25) is 14.9 Å². The molecule has 0 spiro atoms. The van der Waals surface area contributed by atoms with Crippen molar-refractivity contribution in [3.8, 4) is 5.75 Å². The van der Waals surface area contributed by atoms with Crippen molar-refractivity contribution < 1.29 is 14.5 Å². The van der Waals surface area contributed by atoms with Crippen LogP contribution in [0.4, 0.5) is 5.69 Å². The minimum atomic E-state index is -0.704. The lowest BCUT2D eigenvalue weighted by molar-refractivity contribution is -0.497. The molecule has 7 heteroatoms. The molecule has 124 valence electrons. The normalized spacial score (nSPS) is 25.3. The molecule has 0 unspecified atom stereocenters. The van der Waals surface area contributed by atoms with Gasteiger partial charge in [0, 0.05) is 24.9 Å². The average Bonchev–Trinajstić information content (AvgIpc) is 3.34. The minimum absolute atomic E-state index is 0.133. The Morgan fingerprint density at radius 1 is 1.48 bits per heavy atom. The van der Waals surface area contributed by atoms with E-state index < -0.39 is 12.0 Å². The molecule has 3 rings (SSSR count). The molecule has 1 amide bonds. The van der Waals surface area contributed by atoms with Crippen molar-refractivity contribution in [2.24, 2.45) is 5.92 Å². The summed E-state index contributed by atoms with van der Waals surface area (Å²) in [5.41, 5.74) is 1.07. The zero-order valence-electron chi connectivity index (χ0n) is 13.3. The standard InChI is InChI=1S/C16H21N3O4/c1-3-18-10-11(23-15-7-5-4-6-13(15)18)9-17(2)16(20)12-8-14(12)19(21)22/h4-7,11-12,14H,3,8-10H2,1-2H3/t11-,12+,14+/m0/s1. The van der Waals surface area contributed by atoms with Crippen LogP contribution in [0.25, 0.3) is 0 Å². The maximum Gasteiger partial charge on any atom is 0.232 e. The van der Waals surface area contributed by atoms with Crippen LogP contribution in [0.15, 0.2) is 24.3 Å². The minimum Gasteiger partial charge on any atom is -0.485 e. The first-order valence-corrected chi connectivity index (χ1v) is 7.90. The number of likely N-dealkylation sites (N-methyl/N-ethyl adjacent to an activating group) is 2. The van der Waals surface area contributed by atoms with E-state index in [1.54, 1.807) is 11.9 Å². The van der Waals surface area contributed by atoms with Crippen LogP contribution in [0, 0.1) is 16.0 Å². The van der Waals surface area contributed by atoms with E-state index in [1.165, 1.54) is 0 Å². The van der Waals surface area contributed by atoms with Gasteiger partial charge in [0.1, 0.15) is 17.8 Å². The van der Waals surface area contributed by atoms with Gasteiger partial charge in [-0.2, -0.15) is 0 Å². The molecule has 1 aliphatic heterocycles. The fraction of sp³-hybridized carbons (Fsp3) is 0.562. The number of nitrogens with zero attached hydrogens (tertiary/aromatic N) is 3. The van der Waals surface area contributed by atoms with E-state index in [2.05, 4.69) is 11.8 Å². The highest BCUT2D eigenvalue weighted by Crippen LogP contribution is 2.35. The van der Waals surface area contributed by atoms with Crippen LogP contribution in [0.1, 0.15) is 13.3 Å². The van der Waals surface area contributed by atoms with Gasteiger partial charge in [-0.25, -0.2) is 0 Å². The molecule has 23 heavy (non-hydrogen) atoms. The molecule has 0 radical (unpaired) electrons. The third-order valence-corrected chi connectivity index (χ3v) is 4.50. The van der Waals surface area contributed by atoms with Gasteiger partial charge < -0.3 is 14.5 Å². The predicted octanol–water partition coefficient (Wildman–Crippen LogP) is 1.40. The molecule has 1 aromatic carbocycles. The number of hydrogen-bond acceptors (Lipinski definition) is 5. The van der Waals surface area contributed by atoms with E-state index in [9.17, 15) is 14.9 Å². The van der Waals surface area contributed by atoms with E-state index in [4.69, 9.17) is 4.74 Å². The van der Waals surface area contributed by atoms with Crippen molar-refractivity contribution in [2.75, 3.05) is 31.6 Å². The van der Waals surface area contributed by atoms with Crippen molar-refractivity contribution in [1.29, 1.82) is 0 Å². The Bertz CT molecular complexity index is 621. The van der Waals surface area contributed by atoms with Gasteiger partial charge in [-0.1, -0.05) is 12.1 Å². The lowest BCUT2D eigenvalue weighted by Gasteiger charge is -2.37. The molecule has 1 saturated carbocycles. The summed E-state index contributed by atoms with van der Waals surface area (Å²) in [7, 11) is 1.69. The first-order valence-electron chi connectivity index (χ1n) is 7.90. The molecule has 1 heterocycles. The maximum atomic E-state index is 12.2. The number of para-hydroxylation sites is 2. The van der Waals surface area contributed by atoms with Gasteiger partial charge >= 0.3 is 0 Å². The van der Waals surface area contributed by atoms with Gasteiger partial charge in [0.2, 0.25) is 11.9 Å². The number of fused-ring (bicyclic) bond motifs is 1. The monoisotopic (exact) mass is 319 g/mol. The van der Waals surface area contributed by atoms with Crippen LogP contribution in [0.2, 0.25) is 0 Å². The van der Waals surface area contributed by atoms with Crippen LogP contribution < -0.4 is 9.64 Å². The second-order valence-electron chi connectivity index (χ2n) is 6.16. The molecule has 1 aliphatic carbocycles. The summed E-state index contributed by atoms with van der Waals surface area (Å²) in [4.78, 5) is 26.4. The first-order chi connectivity index (χ1) is 11.0. The zero-order chi connectivity index (χ0) is 16.6. The fourth-order valence-electron chi connectivity index (χ4n) is 3.13. The Labute approximate surface area is 135 Å². The fourth-order valence-corrected chi connectivity index (χ4v) is 3.13. The quantitative estimate of drug-likeness (QED) is 0.606. The van der Waals surface area contributed by atoms with Crippen molar-refractivity contribution in [3.63, 3.8) is 0 Å². The molecule has 2 aliphatic rings. The zero-order valence-corrected chi connectivity index (χ0v) is 13.3. The highest BCUT2D eigenvalue weighted by molar-refractivity contribution is 5.82. The SMILES string of the molecule is CCN1C[C@H](CN(C)C(=O)[C@@H]2C[C@H]2[N+](=O)[O-])Oc2ccccc21. The summed E-state index contributed by atoms with van der Waals surface area (Å²) in [5.74, 6) is 0.200. The van der Waals surface area contributed by atoms with E-state index in [-0.39, 0.29) is 16.9 Å². The van der Waals surface area contributed by atoms with E-state index in [0.29, 0.717) is 19.5 Å². The number of anilines is 1. The molecule has 7 nitrogen and oxygen atoms in total. The number of amides is 1. The molecule has 0 N–H and O–H groups in total. The van der Waals surface area contributed by atoms with Gasteiger partial charge in [0.15, 0.2) is 0 Å². The van der Waals surface area contributed by atoms with Gasteiger partial charge in [0.25, 0.3) is 0 Å². The van der Waals surface area contributed by atoms with Crippen LogP contribution in [-0.4, -0.2) is 54.6 Å². The largest absolute Gasteiger partial charge is 0.485 e. The molecular formula is C16H21N3O4. The Kier molecular flexibility index (Phi) is 4.11. The van der Waals surface area contributed by atoms with E-state index >= 15 is 0 Å². The third kappa shape index (κ3) is 3.09. The summed E-state index contributed by atoms with van der Waals surface area (Å²) >= 11 is 0. The van der Waals surface area contributed by atoms with Crippen LogP contribution >= 0.6 is 0 Å². The van der Waals surface area contributed by atoms with E-state index in [0.717, 1.165) is 18.0 Å². The smallest absolute Gasteiger partial charge is 0.232 e. The van der Waals surface area contributed by atoms with Crippen molar-refractivity contribution in [3.05, 3.63) is 34.4 Å². The number of benzene rings is 1. The predicted molar refractivity (Wildman–Crippen MR) is 85.3 cm³/mol. The second-order valence-corrected chi connectivity index (χ2v) is 6.16. The highest BCUT2D eigenvalue weighted by atomic mass is 16.6. The lowest BCUT2D eigenvalue weighted by atomic mass is 10.1. The summed E-state index contributed by atoms with van der Waals surface area (Å²) < 4.78 is 5.99. The number of ether oxygens (including phenoxy) is 1. The number of nitro groups is 1. The summed E-state index contributed by atoms with van der Waals surface area (Å²) in [6.45, 7) is 4.08. The summed E-state index contributed by atoms with van der Waals surface area (Å²) in [6, 6.07) is 7.15. The Balaban J connectivity index is 1.63. The van der Waals surface area contributed by atoms with Crippen LogP contribution in [0.3, 0.4) is 0 Å². The number of hydrogen-bond donors (Lipinski definition) is 0. The molecule has 1 fully saturated rings. The number of carbonyl (C=O) groups is 1. The van der Waals surface area contributed by atoms with Crippen LogP contribution in [0.5, 0.6) is 5.75 Å². The van der Waals surface area contributed by atoms with Gasteiger partial charge in [-0.05, 0) is 19.1 Å². The summed E-state index contributed by atoms with van der Waals surface area (Å²) in [6.07, 6.45) is 0.220. The van der Waals surface area contributed by atoms with Crippen molar-refractivity contribution in [2.45, 2.75) is 25.5 Å². The molecular weight excluding hydrogens is 298 g/mol.